The summed E-state index contributed by atoms with van der Waals surface area (Å²) in [4.78, 5) is 4.37. The topological polar surface area (TPSA) is 12.9 Å². The Morgan fingerprint density at radius 1 is 1.42 bits per heavy atom. The SMILES string of the molecule is CCB(CC)c1ncccc1Br. The van der Waals surface area contributed by atoms with E-state index in [1.165, 1.54) is 5.59 Å². The van der Waals surface area contributed by atoms with Crippen LogP contribution in [0.1, 0.15) is 13.8 Å². The Balaban J connectivity index is 2.92. The predicted octanol–water partition coefficient (Wildman–Crippen LogP) is 2.59. The molecule has 64 valence electrons. The van der Waals surface area contributed by atoms with Crippen LogP contribution in [-0.4, -0.2) is 11.7 Å². The van der Waals surface area contributed by atoms with Crippen LogP contribution in [0.4, 0.5) is 0 Å². The molecule has 1 aromatic rings. The fourth-order valence-corrected chi connectivity index (χ4v) is 1.95. The Labute approximate surface area is 82.8 Å². The first-order valence-electron chi connectivity index (χ1n) is 4.40. The average molecular weight is 226 g/mol. The van der Waals surface area contributed by atoms with Gasteiger partial charge in [-0.2, -0.15) is 0 Å². The van der Waals surface area contributed by atoms with Gasteiger partial charge in [0.05, 0.1) is 0 Å². The molecule has 1 nitrogen and oxygen atoms in total. The molecule has 0 atom stereocenters. The molecular formula is C9H13BBrN. The first kappa shape index (κ1) is 9.78. The Kier molecular flexibility index (Phi) is 3.79. The summed E-state index contributed by atoms with van der Waals surface area (Å²) in [6, 6.07) is 4.01. The molecule has 12 heavy (non-hydrogen) atoms. The van der Waals surface area contributed by atoms with Gasteiger partial charge < -0.3 is 0 Å². The van der Waals surface area contributed by atoms with Crippen molar-refractivity contribution < 1.29 is 0 Å². The number of nitrogens with zero attached hydrogens (tertiary/aromatic N) is 1. The van der Waals surface area contributed by atoms with Crippen LogP contribution in [0, 0.1) is 0 Å². The molecule has 0 aliphatic heterocycles. The lowest BCUT2D eigenvalue weighted by molar-refractivity contribution is 1.28. The fraction of sp³-hybridized carbons (Fsp3) is 0.444. The number of rotatable bonds is 3. The monoisotopic (exact) mass is 225 g/mol. The smallest absolute Gasteiger partial charge is 0.201 e. The van der Waals surface area contributed by atoms with Crippen molar-refractivity contribution >= 4 is 28.2 Å². The van der Waals surface area contributed by atoms with E-state index in [4.69, 9.17) is 0 Å². The minimum atomic E-state index is 0.598. The molecule has 0 aliphatic rings. The van der Waals surface area contributed by atoms with E-state index in [0.29, 0.717) is 6.71 Å². The van der Waals surface area contributed by atoms with Crippen molar-refractivity contribution in [2.24, 2.45) is 0 Å². The van der Waals surface area contributed by atoms with E-state index in [0.717, 1.165) is 17.1 Å². The van der Waals surface area contributed by atoms with Crippen LogP contribution < -0.4 is 5.59 Å². The zero-order valence-corrected chi connectivity index (χ0v) is 9.13. The Morgan fingerprint density at radius 2 is 2.08 bits per heavy atom. The summed E-state index contributed by atoms with van der Waals surface area (Å²) in [5.74, 6) is 0. The third-order valence-electron chi connectivity index (χ3n) is 2.16. The summed E-state index contributed by atoms with van der Waals surface area (Å²) >= 11 is 3.52. The molecule has 0 amide bonds. The number of halogens is 1. The van der Waals surface area contributed by atoms with E-state index in [1.54, 1.807) is 0 Å². The van der Waals surface area contributed by atoms with E-state index >= 15 is 0 Å². The zero-order chi connectivity index (χ0) is 8.97. The highest BCUT2D eigenvalue weighted by Gasteiger charge is 2.15. The number of pyridine rings is 1. The van der Waals surface area contributed by atoms with E-state index in [-0.39, 0.29) is 0 Å². The standard InChI is InChI=1S/C9H13BBrN/c1-3-10(4-2)9-8(11)6-5-7-12-9/h5-7H,3-4H2,1-2H3. The predicted molar refractivity (Wildman–Crippen MR) is 58.3 cm³/mol. The molecule has 1 rings (SSSR count). The van der Waals surface area contributed by atoms with Crippen LogP contribution in [0.2, 0.25) is 12.6 Å². The van der Waals surface area contributed by atoms with Crippen molar-refractivity contribution in [3.05, 3.63) is 22.8 Å². The van der Waals surface area contributed by atoms with Crippen molar-refractivity contribution in [1.29, 1.82) is 0 Å². The molecule has 0 radical (unpaired) electrons. The van der Waals surface area contributed by atoms with Gasteiger partial charge in [-0.05, 0) is 28.1 Å². The molecule has 0 N–H and O–H groups in total. The van der Waals surface area contributed by atoms with Crippen LogP contribution in [0.15, 0.2) is 22.8 Å². The van der Waals surface area contributed by atoms with Gasteiger partial charge in [0.2, 0.25) is 6.71 Å². The van der Waals surface area contributed by atoms with Gasteiger partial charge in [-0.15, -0.1) is 0 Å². The van der Waals surface area contributed by atoms with Crippen LogP contribution in [-0.2, 0) is 0 Å². The Hall–Kier alpha value is -0.305. The molecule has 0 saturated heterocycles. The second-order valence-corrected chi connectivity index (χ2v) is 3.74. The number of hydrogen-bond acceptors (Lipinski definition) is 1. The normalized spacial score (nSPS) is 9.92. The molecule has 3 heteroatoms. The quantitative estimate of drug-likeness (QED) is 0.721. The van der Waals surface area contributed by atoms with Gasteiger partial charge >= 0.3 is 0 Å². The molecule has 0 aromatic carbocycles. The summed E-state index contributed by atoms with van der Waals surface area (Å²) in [5, 5.41) is 0. The molecule has 0 unspecified atom stereocenters. The molecule has 1 heterocycles. The third kappa shape index (κ3) is 2.10. The Morgan fingerprint density at radius 3 is 2.58 bits per heavy atom. The molecule has 0 aliphatic carbocycles. The zero-order valence-electron chi connectivity index (χ0n) is 7.55. The van der Waals surface area contributed by atoms with Crippen molar-refractivity contribution in [1.82, 2.24) is 4.98 Å². The lowest BCUT2D eigenvalue weighted by Gasteiger charge is -2.08. The van der Waals surface area contributed by atoms with E-state index < -0.39 is 0 Å². The minimum absolute atomic E-state index is 0.598. The highest BCUT2D eigenvalue weighted by molar-refractivity contribution is 9.10. The van der Waals surface area contributed by atoms with Crippen molar-refractivity contribution in [2.45, 2.75) is 26.5 Å². The lowest BCUT2D eigenvalue weighted by atomic mass is 9.43. The van der Waals surface area contributed by atoms with Crippen LogP contribution >= 0.6 is 15.9 Å². The summed E-state index contributed by atoms with van der Waals surface area (Å²) in [6.45, 7) is 5.01. The minimum Gasteiger partial charge on any atom is -0.270 e. The van der Waals surface area contributed by atoms with Gasteiger partial charge in [-0.25, -0.2) is 0 Å². The molecule has 0 fully saturated rings. The molecule has 0 spiro atoms. The highest BCUT2D eigenvalue weighted by Crippen LogP contribution is 2.08. The summed E-state index contributed by atoms with van der Waals surface area (Å²) < 4.78 is 1.14. The first-order chi connectivity index (χ1) is 5.79. The fourth-order valence-electron chi connectivity index (χ4n) is 1.37. The molecule has 0 saturated carbocycles. The number of aromatic nitrogens is 1. The van der Waals surface area contributed by atoms with Crippen molar-refractivity contribution in [3.63, 3.8) is 0 Å². The van der Waals surface area contributed by atoms with Crippen LogP contribution in [0.3, 0.4) is 0 Å². The van der Waals surface area contributed by atoms with Crippen LogP contribution in [0.5, 0.6) is 0 Å². The average Bonchev–Trinajstić information content (AvgIpc) is 2.10. The van der Waals surface area contributed by atoms with E-state index in [2.05, 4.69) is 40.8 Å². The van der Waals surface area contributed by atoms with Gasteiger partial charge in [-0.3, -0.25) is 4.98 Å². The van der Waals surface area contributed by atoms with Crippen LogP contribution in [0.25, 0.3) is 0 Å². The molecule has 1 aromatic heterocycles. The van der Waals surface area contributed by atoms with Gasteiger partial charge in [0, 0.05) is 16.3 Å². The van der Waals surface area contributed by atoms with Gasteiger partial charge in [0.15, 0.2) is 0 Å². The van der Waals surface area contributed by atoms with Gasteiger partial charge in [-0.1, -0.05) is 26.5 Å². The summed E-state index contributed by atoms with van der Waals surface area (Å²) in [6.07, 6.45) is 4.18. The first-order valence-corrected chi connectivity index (χ1v) is 5.19. The maximum absolute atomic E-state index is 4.37. The second-order valence-electron chi connectivity index (χ2n) is 2.88. The van der Waals surface area contributed by atoms with Gasteiger partial charge in [0.1, 0.15) is 0 Å². The highest BCUT2D eigenvalue weighted by atomic mass is 79.9. The van der Waals surface area contributed by atoms with E-state index in [9.17, 15) is 0 Å². The maximum Gasteiger partial charge on any atom is 0.201 e. The van der Waals surface area contributed by atoms with Gasteiger partial charge in [0.25, 0.3) is 0 Å². The largest absolute Gasteiger partial charge is 0.270 e. The summed E-state index contributed by atoms with van der Waals surface area (Å²) in [7, 11) is 0. The number of hydrogen-bond donors (Lipinski definition) is 0. The molecule has 0 bridgehead atoms. The molecular weight excluding hydrogens is 213 g/mol. The van der Waals surface area contributed by atoms with E-state index in [1.807, 2.05) is 12.3 Å². The third-order valence-corrected chi connectivity index (χ3v) is 2.83. The second kappa shape index (κ2) is 4.66. The Bertz CT molecular complexity index is 248. The van der Waals surface area contributed by atoms with Crippen molar-refractivity contribution in [2.75, 3.05) is 0 Å². The lowest BCUT2D eigenvalue weighted by Crippen LogP contribution is -2.31. The van der Waals surface area contributed by atoms with Crippen molar-refractivity contribution in [3.8, 4) is 0 Å². The summed E-state index contributed by atoms with van der Waals surface area (Å²) in [5.41, 5.74) is 1.20. The maximum atomic E-state index is 4.37.